The molecule has 0 saturated carbocycles. The molecule has 1 N–H and O–H groups in total. The summed E-state index contributed by atoms with van der Waals surface area (Å²) in [5, 5.41) is 2.73. The van der Waals surface area contributed by atoms with Crippen LogP contribution in [0.1, 0.15) is 5.56 Å². The first-order chi connectivity index (χ1) is 10.0. The van der Waals surface area contributed by atoms with Crippen molar-refractivity contribution in [3.63, 3.8) is 0 Å². The van der Waals surface area contributed by atoms with Crippen molar-refractivity contribution in [2.45, 2.75) is 6.18 Å². The van der Waals surface area contributed by atoms with Gasteiger partial charge in [-0.2, -0.15) is 13.2 Å². The minimum atomic E-state index is -4.39. The molecule has 0 bridgehead atoms. The number of hydrogen-bond acceptors (Lipinski definition) is 5. The molecule has 0 atom stereocenters. The van der Waals surface area contributed by atoms with Crippen molar-refractivity contribution in [1.29, 1.82) is 0 Å². The first kappa shape index (κ1) is 13.2. The first-order valence-electron chi connectivity index (χ1n) is 5.89. The number of halogens is 3. The molecule has 0 saturated heterocycles. The van der Waals surface area contributed by atoms with Crippen LogP contribution in [0.2, 0.25) is 0 Å². The minimum absolute atomic E-state index is 0.177. The van der Waals surface area contributed by atoms with Crippen molar-refractivity contribution < 1.29 is 13.2 Å². The monoisotopic (exact) mass is 291 g/mol. The van der Waals surface area contributed by atoms with Gasteiger partial charge in [0, 0.05) is 5.69 Å². The van der Waals surface area contributed by atoms with Gasteiger partial charge in [0.25, 0.3) is 0 Å². The van der Waals surface area contributed by atoms with E-state index < -0.39 is 11.7 Å². The molecule has 0 unspecified atom stereocenters. The second-order valence-electron chi connectivity index (χ2n) is 4.19. The zero-order valence-corrected chi connectivity index (χ0v) is 10.5. The van der Waals surface area contributed by atoms with Crippen LogP contribution in [-0.4, -0.2) is 19.9 Å². The van der Waals surface area contributed by atoms with Gasteiger partial charge in [-0.25, -0.2) is 19.9 Å². The molecule has 3 rings (SSSR count). The van der Waals surface area contributed by atoms with E-state index in [1.165, 1.54) is 30.9 Å². The Morgan fingerprint density at radius 3 is 2.67 bits per heavy atom. The average molecular weight is 291 g/mol. The highest BCUT2D eigenvalue weighted by atomic mass is 19.4. The van der Waals surface area contributed by atoms with E-state index in [0.717, 1.165) is 12.1 Å². The average Bonchev–Trinajstić information content (AvgIpc) is 2.46. The van der Waals surface area contributed by atoms with E-state index in [4.69, 9.17) is 0 Å². The molecule has 0 fully saturated rings. The third-order valence-electron chi connectivity index (χ3n) is 2.70. The Balaban J connectivity index is 1.91. The second-order valence-corrected chi connectivity index (χ2v) is 4.19. The van der Waals surface area contributed by atoms with Crippen LogP contribution in [0, 0.1) is 0 Å². The van der Waals surface area contributed by atoms with Gasteiger partial charge < -0.3 is 5.32 Å². The second kappa shape index (κ2) is 4.97. The van der Waals surface area contributed by atoms with Gasteiger partial charge in [-0.1, -0.05) is 6.07 Å². The molecule has 2 heterocycles. The Bertz CT molecular complexity index is 788. The number of fused-ring (bicyclic) bond motifs is 1. The smallest absolute Gasteiger partial charge is 0.324 e. The van der Waals surface area contributed by atoms with Crippen LogP contribution < -0.4 is 5.32 Å². The molecule has 0 radical (unpaired) electrons. The lowest BCUT2D eigenvalue weighted by molar-refractivity contribution is -0.137. The minimum Gasteiger partial charge on any atom is -0.324 e. The van der Waals surface area contributed by atoms with Crippen molar-refractivity contribution in [3.05, 3.63) is 48.5 Å². The van der Waals surface area contributed by atoms with E-state index in [2.05, 4.69) is 25.3 Å². The molecule has 1 aromatic carbocycles. The number of aromatic nitrogens is 4. The Hall–Kier alpha value is -2.77. The number of alkyl halides is 3. The highest BCUT2D eigenvalue weighted by Crippen LogP contribution is 2.31. The molecule has 3 aromatic rings. The topological polar surface area (TPSA) is 63.6 Å². The maximum atomic E-state index is 12.6. The number of anilines is 2. The third kappa shape index (κ3) is 2.88. The lowest BCUT2D eigenvalue weighted by Gasteiger charge is -2.09. The van der Waals surface area contributed by atoms with Crippen molar-refractivity contribution in [2.24, 2.45) is 0 Å². The Morgan fingerprint density at radius 1 is 1.00 bits per heavy atom. The van der Waals surface area contributed by atoms with Crippen molar-refractivity contribution >= 4 is 22.7 Å². The van der Waals surface area contributed by atoms with Crippen molar-refractivity contribution in [2.75, 3.05) is 5.32 Å². The standard InChI is InChI=1S/C13H8F3N5/c14-13(15,16)8-2-1-3-9(4-8)20-12-18-6-10-11(21-12)5-17-7-19-10/h1-7H,(H,18,20,21). The summed E-state index contributed by atoms with van der Waals surface area (Å²) in [7, 11) is 0. The summed E-state index contributed by atoms with van der Waals surface area (Å²) in [5.41, 5.74) is 0.569. The van der Waals surface area contributed by atoms with Crippen LogP contribution in [0.5, 0.6) is 0 Å². The largest absolute Gasteiger partial charge is 0.416 e. The van der Waals surface area contributed by atoms with Gasteiger partial charge >= 0.3 is 6.18 Å². The summed E-state index contributed by atoms with van der Waals surface area (Å²) in [6.07, 6.45) is -0.0529. The quantitative estimate of drug-likeness (QED) is 0.785. The Morgan fingerprint density at radius 2 is 1.86 bits per heavy atom. The molecule has 5 nitrogen and oxygen atoms in total. The summed E-state index contributed by atoms with van der Waals surface area (Å²) in [6, 6.07) is 4.81. The van der Waals surface area contributed by atoms with E-state index >= 15 is 0 Å². The number of hydrogen-bond donors (Lipinski definition) is 1. The van der Waals surface area contributed by atoms with Crippen LogP contribution >= 0.6 is 0 Å². The summed E-state index contributed by atoms with van der Waals surface area (Å²) >= 11 is 0. The number of nitrogens with one attached hydrogen (secondary N) is 1. The molecule has 2 aromatic heterocycles. The lowest BCUT2D eigenvalue weighted by Crippen LogP contribution is -2.05. The van der Waals surface area contributed by atoms with Crippen molar-refractivity contribution in [1.82, 2.24) is 19.9 Å². The highest BCUT2D eigenvalue weighted by Gasteiger charge is 2.30. The van der Waals surface area contributed by atoms with E-state index in [9.17, 15) is 13.2 Å². The molecule has 106 valence electrons. The first-order valence-corrected chi connectivity index (χ1v) is 5.89. The fraction of sp³-hybridized carbons (Fsp3) is 0.0769. The van der Waals surface area contributed by atoms with Gasteiger partial charge in [0.15, 0.2) is 0 Å². The molecule has 0 amide bonds. The van der Waals surface area contributed by atoms with Crippen LogP contribution in [0.4, 0.5) is 24.8 Å². The lowest BCUT2D eigenvalue weighted by atomic mass is 10.2. The van der Waals surface area contributed by atoms with Gasteiger partial charge in [0.2, 0.25) is 5.95 Å². The van der Waals surface area contributed by atoms with Gasteiger partial charge in [-0.3, -0.25) is 0 Å². The number of nitrogens with zero attached hydrogens (tertiary/aromatic N) is 4. The number of rotatable bonds is 2. The molecule has 0 aliphatic heterocycles. The van der Waals surface area contributed by atoms with Crippen LogP contribution in [0.3, 0.4) is 0 Å². The molecule has 0 aliphatic carbocycles. The maximum absolute atomic E-state index is 12.6. The maximum Gasteiger partial charge on any atom is 0.416 e. The van der Waals surface area contributed by atoms with Gasteiger partial charge in [0.05, 0.1) is 18.0 Å². The molecule has 8 heteroatoms. The molecular weight excluding hydrogens is 283 g/mol. The SMILES string of the molecule is FC(F)(F)c1cccc(Nc2ncc3ncncc3n2)c1. The fourth-order valence-electron chi connectivity index (χ4n) is 1.75. The summed E-state index contributed by atoms with van der Waals surface area (Å²) in [5.74, 6) is 0.177. The predicted molar refractivity (Wildman–Crippen MR) is 69.9 cm³/mol. The van der Waals surface area contributed by atoms with Crippen LogP contribution in [0.25, 0.3) is 11.0 Å². The fourth-order valence-corrected chi connectivity index (χ4v) is 1.75. The number of benzene rings is 1. The zero-order valence-electron chi connectivity index (χ0n) is 10.5. The van der Waals surface area contributed by atoms with Gasteiger partial charge in [0.1, 0.15) is 17.4 Å². The Labute approximate surface area is 116 Å². The van der Waals surface area contributed by atoms with Crippen molar-refractivity contribution in [3.8, 4) is 0 Å². The summed E-state index contributed by atoms with van der Waals surface area (Å²) < 4.78 is 37.9. The summed E-state index contributed by atoms with van der Waals surface area (Å²) in [4.78, 5) is 15.9. The van der Waals surface area contributed by atoms with E-state index in [-0.39, 0.29) is 11.6 Å². The summed E-state index contributed by atoms with van der Waals surface area (Å²) in [6.45, 7) is 0. The van der Waals surface area contributed by atoms with E-state index in [1.807, 2.05) is 0 Å². The van der Waals surface area contributed by atoms with E-state index in [0.29, 0.717) is 11.0 Å². The molecule has 0 aliphatic rings. The normalized spacial score (nSPS) is 11.6. The van der Waals surface area contributed by atoms with Gasteiger partial charge in [-0.05, 0) is 18.2 Å². The van der Waals surface area contributed by atoms with Crippen LogP contribution in [-0.2, 0) is 6.18 Å². The van der Waals surface area contributed by atoms with Gasteiger partial charge in [-0.15, -0.1) is 0 Å². The zero-order chi connectivity index (χ0) is 14.9. The molecular formula is C13H8F3N5. The predicted octanol–water partition coefficient (Wildman–Crippen LogP) is 3.18. The molecule has 21 heavy (non-hydrogen) atoms. The Kier molecular flexibility index (Phi) is 3.13. The highest BCUT2D eigenvalue weighted by molar-refractivity contribution is 5.73. The third-order valence-corrected chi connectivity index (χ3v) is 2.70. The molecule has 0 spiro atoms. The van der Waals surface area contributed by atoms with E-state index in [1.54, 1.807) is 0 Å². The van der Waals surface area contributed by atoms with Crippen LogP contribution in [0.15, 0.2) is 43.0 Å².